The minimum atomic E-state index is -1.04. The van der Waals surface area contributed by atoms with Gasteiger partial charge in [-0.05, 0) is 19.1 Å². The molecule has 0 aromatic carbocycles. The average Bonchev–Trinajstić information content (AvgIpc) is 3.05. The second kappa shape index (κ2) is 4.20. The lowest BCUT2D eigenvalue weighted by atomic mass is 10.2. The van der Waals surface area contributed by atoms with Crippen LogP contribution in [0.3, 0.4) is 0 Å². The fraction of sp³-hybridized carbons (Fsp3) is 0.167. The summed E-state index contributed by atoms with van der Waals surface area (Å²) in [5.74, 6) is -1.04. The number of carbonyl (C=O) groups is 1. The molecule has 1 N–H and O–H groups in total. The molecule has 0 saturated heterocycles. The number of fused-ring (bicyclic) bond motifs is 1. The number of rotatable bonds is 3. The molecule has 96 valence electrons. The number of carboxylic acid groups (broad SMARTS) is 1. The molecule has 7 heteroatoms. The Bertz CT molecular complexity index is 758. The monoisotopic (exact) mass is 257 g/mol. The van der Waals surface area contributed by atoms with Gasteiger partial charge in [-0.15, -0.1) is 0 Å². The minimum absolute atomic E-state index is 0.0776. The van der Waals surface area contributed by atoms with Crippen LogP contribution in [-0.4, -0.2) is 35.5 Å². The molecule has 0 aliphatic rings. The summed E-state index contributed by atoms with van der Waals surface area (Å²) in [5.41, 5.74) is 1.94. The van der Waals surface area contributed by atoms with Crippen molar-refractivity contribution in [1.82, 2.24) is 24.4 Å². The van der Waals surface area contributed by atoms with Gasteiger partial charge in [-0.1, -0.05) is 0 Å². The molecule has 0 saturated carbocycles. The Kier molecular flexibility index (Phi) is 2.52. The lowest BCUT2D eigenvalue weighted by Crippen LogP contribution is -2.09. The van der Waals surface area contributed by atoms with Crippen LogP contribution in [0.1, 0.15) is 17.4 Å². The lowest BCUT2D eigenvalue weighted by molar-refractivity contribution is 0.0687. The van der Waals surface area contributed by atoms with Crippen molar-refractivity contribution >= 4 is 11.6 Å². The number of aryl methyl sites for hydroxylation is 1. The average molecular weight is 257 g/mol. The van der Waals surface area contributed by atoms with E-state index < -0.39 is 5.97 Å². The van der Waals surface area contributed by atoms with E-state index in [1.807, 2.05) is 13.0 Å². The summed E-state index contributed by atoms with van der Waals surface area (Å²) in [6.45, 7) is 2.66. The Morgan fingerprint density at radius 2 is 2.11 bits per heavy atom. The van der Waals surface area contributed by atoms with Crippen molar-refractivity contribution in [1.29, 1.82) is 0 Å². The Balaban J connectivity index is 2.27. The van der Waals surface area contributed by atoms with Crippen LogP contribution in [-0.2, 0) is 6.54 Å². The molecule has 0 unspecified atom stereocenters. The van der Waals surface area contributed by atoms with Gasteiger partial charge in [0.25, 0.3) is 0 Å². The van der Waals surface area contributed by atoms with Crippen molar-refractivity contribution in [2.45, 2.75) is 13.5 Å². The molecule has 3 rings (SSSR count). The second-order valence-electron chi connectivity index (χ2n) is 3.97. The maximum Gasteiger partial charge on any atom is 0.354 e. The first-order valence-corrected chi connectivity index (χ1v) is 5.81. The van der Waals surface area contributed by atoms with Crippen molar-refractivity contribution in [2.24, 2.45) is 0 Å². The zero-order valence-corrected chi connectivity index (χ0v) is 10.2. The summed E-state index contributed by atoms with van der Waals surface area (Å²) in [7, 11) is 0. The second-order valence-corrected chi connectivity index (χ2v) is 3.97. The molecule has 0 fully saturated rings. The van der Waals surface area contributed by atoms with Crippen LogP contribution in [0.4, 0.5) is 0 Å². The van der Waals surface area contributed by atoms with E-state index in [2.05, 4.69) is 15.2 Å². The Morgan fingerprint density at radius 1 is 1.32 bits per heavy atom. The highest BCUT2D eigenvalue weighted by molar-refractivity contribution is 5.87. The topological polar surface area (TPSA) is 85.3 Å². The predicted octanol–water partition coefficient (Wildman–Crippen LogP) is 1.31. The van der Waals surface area contributed by atoms with Crippen molar-refractivity contribution < 1.29 is 9.90 Å². The fourth-order valence-corrected chi connectivity index (χ4v) is 2.00. The maximum atomic E-state index is 11.3. The first-order valence-electron chi connectivity index (χ1n) is 5.81. The minimum Gasteiger partial charge on any atom is -0.477 e. The van der Waals surface area contributed by atoms with Gasteiger partial charge in [0.2, 0.25) is 0 Å². The third kappa shape index (κ3) is 1.75. The third-order valence-corrected chi connectivity index (χ3v) is 2.86. The van der Waals surface area contributed by atoms with Crippen molar-refractivity contribution in [3.63, 3.8) is 0 Å². The molecule has 19 heavy (non-hydrogen) atoms. The largest absolute Gasteiger partial charge is 0.477 e. The van der Waals surface area contributed by atoms with Crippen LogP contribution in [0, 0.1) is 0 Å². The van der Waals surface area contributed by atoms with Gasteiger partial charge in [0.1, 0.15) is 0 Å². The van der Waals surface area contributed by atoms with Gasteiger partial charge >= 0.3 is 5.97 Å². The van der Waals surface area contributed by atoms with E-state index in [1.165, 1.54) is 16.8 Å². The number of hydrogen-bond acceptors (Lipinski definition) is 4. The third-order valence-electron chi connectivity index (χ3n) is 2.86. The molecule has 0 atom stereocenters. The van der Waals surface area contributed by atoms with Gasteiger partial charge in [0, 0.05) is 18.8 Å². The van der Waals surface area contributed by atoms with Gasteiger partial charge in [-0.3, -0.25) is 4.68 Å². The van der Waals surface area contributed by atoms with Crippen molar-refractivity contribution in [3.8, 4) is 11.4 Å². The standard InChI is InChI=1S/C12H11N5O2/c1-2-16-9(3-5-13-16)8-7-10(12(18)19)17-11(15-8)4-6-14-17/h3-7H,2H2,1H3,(H,18,19). The summed E-state index contributed by atoms with van der Waals surface area (Å²) in [6.07, 6.45) is 3.19. The highest BCUT2D eigenvalue weighted by Gasteiger charge is 2.15. The van der Waals surface area contributed by atoms with Gasteiger partial charge in [-0.25, -0.2) is 14.3 Å². The SMILES string of the molecule is CCn1nccc1-c1cc(C(=O)O)n2nccc2n1. The van der Waals surface area contributed by atoms with E-state index in [0.717, 1.165) is 5.69 Å². The van der Waals surface area contributed by atoms with Gasteiger partial charge < -0.3 is 5.11 Å². The summed E-state index contributed by atoms with van der Waals surface area (Å²) in [4.78, 5) is 15.7. The highest BCUT2D eigenvalue weighted by Crippen LogP contribution is 2.19. The molecule has 0 aliphatic carbocycles. The molecule has 0 aliphatic heterocycles. The normalized spacial score (nSPS) is 11.0. The zero-order chi connectivity index (χ0) is 13.4. The van der Waals surface area contributed by atoms with Gasteiger partial charge in [0.15, 0.2) is 11.3 Å². The number of hydrogen-bond donors (Lipinski definition) is 1. The number of carboxylic acids is 1. The molecule has 0 amide bonds. The van der Waals surface area contributed by atoms with Crippen LogP contribution in [0.15, 0.2) is 30.6 Å². The van der Waals surface area contributed by atoms with E-state index in [4.69, 9.17) is 0 Å². The van der Waals surface area contributed by atoms with E-state index in [-0.39, 0.29) is 5.69 Å². The van der Waals surface area contributed by atoms with Gasteiger partial charge in [-0.2, -0.15) is 10.2 Å². The van der Waals surface area contributed by atoms with Gasteiger partial charge in [0.05, 0.1) is 17.6 Å². The number of aromatic carboxylic acids is 1. The first-order chi connectivity index (χ1) is 9.20. The fourth-order valence-electron chi connectivity index (χ4n) is 2.00. The lowest BCUT2D eigenvalue weighted by Gasteiger charge is -2.06. The Hall–Kier alpha value is -2.70. The predicted molar refractivity (Wildman–Crippen MR) is 66.8 cm³/mol. The summed E-state index contributed by atoms with van der Waals surface area (Å²) in [6, 6.07) is 4.98. The van der Waals surface area contributed by atoms with E-state index in [1.54, 1.807) is 16.9 Å². The zero-order valence-electron chi connectivity index (χ0n) is 10.2. The molecule has 3 aromatic heterocycles. The number of aromatic nitrogens is 5. The molecule has 3 heterocycles. The Labute approximate surface area is 108 Å². The summed E-state index contributed by atoms with van der Waals surface area (Å²) in [5, 5.41) is 17.4. The highest BCUT2D eigenvalue weighted by atomic mass is 16.4. The quantitative estimate of drug-likeness (QED) is 0.764. The van der Waals surface area contributed by atoms with E-state index in [9.17, 15) is 9.90 Å². The van der Waals surface area contributed by atoms with Crippen molar-refractivity contribution in [3.05, 3.63) is 36.3 Å². The smallest absolute Gasteiger partial charge is 0.354 e. The summed E-state index contributed by atoms with van der Waals surface area (Å²) >= 11 is 0. The van der Waals surface area contributed by atoms with E-state index in [0.29, 0.717) is 17.9 Å². The van der Waals surface area contributed by atoms with Crippen LogP contribution >= 0.6 is 0 Å². The van der Waals surface area contributed by atoms with Crippen LogP contribution in [0.25, 0.3) is 17.0 Å². The molecular formula is C12H11N5O2. The molecule has 0 radical (unpaired) electrons. The maximum absolute atomic E-state index is 11.3. The number of nitrogens with zero attached hydrogens (tertiary/aromatic N) is 5. The molecule has 0 spiro atoms. The van der Waals surface area contributed by atoms with Crippen molar-refractivity contribution in [2.75, 3.05) is 0 Å². The summed E-state index contributed by atoms with van der Waals surface area (Å²) < 4.78 is 3.07. The van der Waals surface area contributed by atoms with E-state index >= 15 is 0 Å². The molecular weight excluding hydrogens is 246 g/mol. The molecule has 7 nitrogen and oxygen atoms in total. The molecule has 3 aromatic rings. The Morgan fingerprint density at radius 3 is 2.84 bits per heavy atom. The van der Waals surface area contributed by atoms with Crippen LogP contribution in [0.5, 0.6) is 0 Å². The first kappa shape index (κ1) is 11.4. The van der Waals surface area contributed by atoms with Crippen LogP contribution in [0.2, 0.25) is 0 Å². The van der Waals surface area contributed by atoms with Crippen LogP contribution < -0.4 is 0 Å². The molecule has 0 bridgehead atoms.